The fourth-order valence-corrected chi connectivity index (χ4v) is 5.68. The molecule has 0 spiro atoms. The number of aliphatic carboxylic acids is 1. The fourth-order valence-electron chi connectivity index (χ4n) is 5.68. The second-order valence-electron chi connectivity index (χ2n) is 10.6. The van der Waals surface area contributed by atoms with E-state index < -0.39 is 5.97 Å². The summed E-state index contributed by atoms with van der Waals surface area (Å²) in [5, 5.41) is 25.2. The molecule has 3 aromatic carbocycles. The Labute approximate surface area is 240 Å². The number of carboxylic acids is 1. The van der Waals surface area contributed by atoms with Gasteiger partial charge in [-0.25, -0.2) is 4.68 Å². The summed E-state index contributed by atoms with van der Waals surface area (Å²) in [5.41, 5.74) is 8.35. The van der Waals surface area contributed by atoms with Crippen LogP contribution in [0.2, 0.25) is 0 Å². The molecule has 1 aliphatic rings. The van der Waals surface area contributed by atoms with Gasteiger partial charge in [-0.05, 0) is 60.2 Å². The van der Waals surface area contributed by atoms with Crippen molar-refractivity contribution in [3.63, 3.8) is 0 Å². The zero-order valence-corrected chi connectivity index (χ0v) is 24.1. The quantitative estimate of drug-likeness (QED) is 0.274. The largest absolute Gasteiger partial charge is 0.489 e. The number of rotatable bonds is 8. The first-order valence-corrected chi connectivity index (χ1v) is 13.9. The van der Waals surface area contributed by atoms with Crippen molar-refractivity contribution in [3.05, 3.63) is 88.0 Å². The standard InChI is InChI=1S/C31H36N4O3.CH2O2/c1-5-8-25-19-35(17-23-9-6-7-10-29(23)38-25)18-24-15-22(12-11-20(24)2)27(16-30(36)37)26-13-14-28-31(21(26)3)32-33-34(28)4;2-1-3/h6-7,9-15,25,27H,5,8,16-19H2,1-4H3,(H,36,37);1H,(H,2,3). The van der Waals surface area contributed by atoms with Gasteiger partial charge in [0.05, 0.1) is 11.9 Å². The second-order valence-corrected chi connectivity index (χ2v) is 10.6. The van der Waals surface area contributed by atoms with Crippen molar-refractivity contribution in [2.24, 2.45) is 7.05 Å². The summed E-state index contributed by atoms with van der Waals surface area (Å²) in [5.74, 6) is -0.117. The second kappa shape index (κ2) is 13.4. The molecule has 0 bridgehead atoms. The molecule has 1 aliphatic heterocycles. The Hall–Kier alpha value is -4.24. The summed E-state index contributed by atoms with van der Waals surface area (Å²) in [6, 6.07) is 18.8. The molecule has 41 heavy (non-hydrogen) atoms. The maximum absolute atomic E-state index is 12.0. The van der Waals surface area contributed by atoms with E-state index in [1.807, 2.05) is 32.2 Å². The molecule has 2 atom stereocenters. The summed E-state index contributed by atoms with van der Waals surface area (Å²) < 4.78 is 8.14. The van der Waals surface area contributed by atoms with Crippen LogP contribution in [0, 0.1) is 13.8 Å². The molecule has 0 saturated heterocycles. The maximum Gasteiger partial charge on any atom is 0.304 e. The van der Waals surface area contributed by atoms with Crippen LogP contribution in [0.25, 0.3) is 11.0 Å². The first-order valence-electron chi connectivity index (χ1n) is 13.9. The van der Waals surface area contributed by atoms with Gasteiger partial charge in [0.2, 0.25) is 0 Å². The van der Waals surface area contributed by atoms with Crippen molar-refractivity contribution in [1.29, 1.82) is 0 Å². The molecule has 0 aliphatic carbocycles. The predicted octanol–water partition coefficient (Wildman–Crippen LogP) is 5.46. The molecule has 0 radical (unpaired) electrons. The molecule has 9 nitrogen and oxygen atoms in total. The maximum atomic E-state index is 12.0. The highest BCUT2D eigenvalue weighted by molar-refractivity contribution is 5.80. The van der Waals surface area contributed by atoms with E-state index >= 15 is 0 Å². The van der Waals surface area contributed by atoms with Gasteiger partial charge in [-0.2, -0.15) is 0 Å². The highest BCUT2D eigenvalue weighted by Gasteiger charge is 2.25. The molecule has 9 heteroatoms. The van der Waals surface area contributed by atoms with Crippen molar-refractivity contribution >= 4 is 23.5 Å². The third-order valence-corrected chi connectivity index (χ3v) is 7.74. The smallest absolute Gasteiger partial charge is 0.304 e. The van der Waals surface area contributed by atoms with Crippen molar-refractivity contribution in [2.75, 3.05) is 6.54 Å². The van der Waals surface area contributed by atoms with Crippen molar-refractivity contribution in [1.82, 2.24) is 19.9 Å². The average molecular weight is 559 g/mol. The van der Waals surface area contributed by atoms with Crippen LogP contribution in [-0.2, 0) is 29.7 Å². The highest BCUT2D eigenvalue weighted by atomic mass is 16.5. The third-order valence-electron chi connectivity index (χ3n) is 7.74. The number of hydrogen-bond donors (Lipinski definition) is 2. The van der Waals surface area contributed by atoms with Gasteiger partial charge in [0.25, 0.3) is 6.47 Å². The van der Waals surface area contributed by atoms with Crippen LogP contribution < -0.4 is 4.74 Å². The molecule has 2 unspecified atom stereocenters. The number of ether oxygens (including phenoxy) is 1. The van der Waals surface area contributed by atoms with E-state index in [0.29, 0.717) is 0 Å². The van der Waals surface area contributed by atoms with E-state index in [9.17, 15) is 9.90 Å². The van der Waals surface area contributed by atoms with Gasteiger partial charge in [-0.3, -0.25) is 14.5 Å². The summed E-state index contributed by atoms with van der Waals surface area (Å²) in [7, 11) is 1.87. The monoisotopic (exact) mass is 558 g/mol. The zero-order valence-electron chi connectivity index (χ0n) is 24.1. The number of nitrogens with zero attached hydrogens (tertiary/aromatic N) is 4. The van der Waals surface area contributed by atoms with E-state index in [-0.39, 0.29) is 24.9 Å². The van der Waals surface area contributed by atoms with Crippen molar-refractivity contribution in [3.8, 4) is 5.75 Å². The van der Waals surface area contributed by atoms with Crippen LogP contribution in [-0.4, -0.2) is 55.2 Å². The Morgan fingerprint density at radius 1 is 1.17 bits per heavy atom. The summed E-state index contributed by atoms with van der Waals surface area (Å²) in [6.07, 6.45) is 2.24. The van der Waals surface area contributed by atoms with Crippen LogP contribution in [0.15, 0.2) is 54.6 Å². The average Bonchev–Trinajstić information content (AvgIpc) is 3.22. The van der Waals surface area contributed by atoms with E-state index in [1.54, 1.807) is 4.68 Å². The van der Waals surface area contributed by atoms with Gasteiger partial charge >= 0.3 is 5.97 Å². The van der Waals surface area contributed by atoms with Crippen LogP contribution >= 0.6 is 0 Å². The first-order chi connectivity index (χ1) is 19.7. The van der Waals surface area contributed by atoms with Gasteiger partial charge in [0.15, 0.2) is 0 Å². The predicted molar refractivity (Wildman–Crippen MR) is 157 cm³/mol. The minimum atomic E-state index is -0.820. The number of para-hydroxylation sites is 1. The lowest BCUT2D eigenvalue weighted by molar-refractivity contribution is -0.137. The number of aryl methyl sites for hydroxylation is 3. The Morgan fingerprint density at radius 3 is 2.66 bits per heavy atom. The lowest BCUT2D eigenvalue weighted by atomic mass is 9.84. The summed E-state index contributed by atoms with van der Waals surface area (Å²) >= 11 is 0. The fraction of sp³-hybridized carbons (Fsp3) is 0.375. The number of aromatic nitrogens is 3. The molecule has 0 amide bonds. The Morgan fingerprint density at radius 2 is 1.93 bits per heavy atom. The molecule has 4 aromatic rings. The van der Waals surface area contributed by atoms with Gasteiger partial charge in [-0.15, -0.1) is 5.10 Å². The third kappa shape index (κ3) is 6.92. The molecule has 5 rings (SSSR count). The SMILES string of the molecule is CCCC1CN(Cc2cc(C(CC(=O)O)c3ccc4c(nnn4C)c3C)ccc2C)Cc2ccccc2O1.O=CO. The molecule has 1 aromatic heterocycles. The Balaban J connectivity index is 0.00000124. The molecule has 2 heterocycles. The lowest BCUT2D eigenvalue weighted by Gasteiger charge is -2.26. The number of carboxylic acid groups (broad SMARTS) is 2. The van der Waals surface area contributed by atoms with Gasteiger partial charge in [-0.1, -0.05) is 61.0 Å². The molecule has 0 fully saturated rings. The van der Waals surface area contributed by atoms with Gasteiger partial charge < -0.3 is 14.9 Å². The van der Waals surface area contributed by atoms with Crippen LogP contribution in [0.3, 0.4) is 0 Å². The molecular weight excluding hydrogens is 520 g/mol. The summed E-state index contributed by atoms with van der Waals surface area (Å²) in [4.78, 5) is 22.8. The lowest BCUT2D eigenvalue weighted by Crippen LogP contribution is -2.32. The molecule has 216 valence electrons. The van der Waals surface area contributed by atoms with Gasteiger partial charge in [0.1, 0.15) is 17.4 Å². The van der Waals surface area contributed by atoms with E-state index in [4.69, 9.17) is 14.6 Å². The molecule has 0 saturated carbocycles. The van der Waals surface area contributed by atoms with Crippen molar-refractivity contribution in [2.45, 2.75) is 65.1 Å². The van der Waals surface area contributed by atoms with Crippen LogP contribution in [0.4, 0.5) is 0 Å². The Kier molecular flexibility index (Phi) is 9.73. The normalized spacial score (nSPS) is 15.7. The minimum Gasteiger partial charge on any atom is -0.489 e. The Bertz CT molecular complexity index is 1520. The number of fused-ring (bicyclic) bond motifs is 2. The molecular formula is C32H38N4O5. The van der Waals surface area contributed by atoms with E-state index in [0.717, 1.165) is 65.9 Å². The first kappa shape index (κ1) is 29.7. The molecule has 2 N–H and O–H groups in total. The summed E-state index contributed by atoms with van der Waals surface area (Å²) in [6.45, 7) is 8.54. The van der Waals surface area contributed by atoms with E-state index in [2.05, 4.69) is 65.5 Å². The highest BCUT2D eigenvalue weighted by Crippen LogP contribution is 2.35. The van der Waals surface area contributed by atoms with E-state index in [1.165, 1.54) is 16.7 Å². The number of benzene rings is 3. The zero-order chi connectivity index (χ0) is 29.5. The number of carbonyl (C=O) groups is 2. The van der Waals surface area contributed by atoms with Crippen LogP contribution in [0.5, 0.6) is 5.75 Å². The minimum absolute atomic E-state index is 0.0125. The van der Waals surface area contributed by atoms with Crippen LogP contribution in [0.1, 0.15) is 65.5 Å². The van der Waals surface area contributed by atoms with Crippen molar-refractivity contribution < 1.29 is 24.5 Å². The van der Waals surface area contributed by atoms with Gasteiger partial charge in [0, 0.05) is 38.2 Å². The topological polar surface area (TPSA) is 118 Å². The number of hydrogen-bond acceptors (Lipinski definition) is 6.